The number of benzene rings is 2. The van der Waals surface area contributed by atoms with Gasteiger partial charge in [-0.3, -0.25) is 4.79 Å². The van der Waals surface area contributed by atoms with Gasteiger partial charge in [0.25, 0.3) is 0 Å². The maximum absolute atomic E-state index is 11.3. The van der Waals surface area contributed by atoms with Crippen LogP contribution in [0.4, 0.5) is 11.4 Å². The van der Waals surface area contributed by atoms with Gasteiger partial charge in [0.15, 0.2) is 0 Å². The fraction of sp³-hybridized carbons (Fsp3) is 0.133. The van der Waals surface area contributed by atoms with Crippen LogP contribution in [0.5, 0.6) is 0 Å². The molecule has 0 bridgehead atoms. The molecule has 2 aromatic rings. The maximum atomic E-state index is 11.3. The lowest BCUT2D eigenvalue weighted by Crippen LogP contribution is -2.03. The molecular weight excluding hydrogens is 224 g/mol. The Kier molecular flexibility index (Phi) is 2.33. The summed E-state index contributed by atoms with van der Waals surface area (Å²) in [6.45, 7) is 2.06. The van der Waals surface area contributed by atoms with Crippen LogP contribution in [-0.4, -0.2) is 5.91 Å². The molecule has 1 heterocycles. The third kappa shape index (κ3) is 1.74. The fourth-order valence-electron chi connectivity index (χ4n) is 2.35. The molecule has 1 aliphatic heterocycles. The minimum absolute atomic E-state index is 0.0615. The fourth-order valence-corrected chi connectivity index (χ4v) is 2.35. The number of nitrogens with one attached hydrogen (secondary N) is 1. The van der Waals surface area contributed by atoms with Crippen LogP contribution in [0.25, 0.3) is 11.1 Å². The molecule has 0 radical (unpaired) electrons. The van der Waals surface area contributed by atoms with Crippen LogP contribution in [0, 0.1) is 6.92 Å². The molecule has 1 amide bonds. The standard InChI is InChI=1S/C15H14N2O/c1-9-2-4-12(16)8-13(9)10-3-5-14-11(6-10)7-15(18)17-14/h2-6,8H,7,16H2,1H3,(H,17,18). The molecule has 0 unspecified atom stereocenters. The van der Waals surface area contributed by atoms with Crippen molar-refractivity contribution in [1.29, 1.82) is 0 Å². The normalized spacial score (nSPS) is 13.3. The molecule has 3 rings (SSSR count). The smallest absolute Gasteiger partial charge is 0.228 e. The molecule has 3 nitrogen and oxygen atoms in total. The highest BCUT2D eigenvalue weighted by molar-refractivity contribution is 5.99. The molecular formula is C15H14N2O. The molecule has 90 valence electrons. The van der Waals surface area contributed by atoms with Crippen molar-refractivity contribution in [2.45, 2.75) is 13.3 Å². The number of aryl methyl sites for hydroxylation is 1. The Balaban J connectivity index is 2.11. The van der Waals surface area contributed by atoms with E-state index in [4.69, 9.17) is 5.73 Å². The molecule has 0 atom stereocenters. The van der Waals surface area contributed by atoms with Crippen molar-refractivity contribution in [3.8, 4) is 11.1 Å². The van der Waals surface area contributed by atoms with Crippen LogP contribution in [0.15, 0.2) is 36.4 Å². The molecule has 0 aromatic heterocycles. The lowest BCUT2D eigenvalue weighted by molar-refractivity contribution is -0.115. The van der Waals surface area contributed by atoms with Crippen LogP contribution in [0.2, 0.25) is 0 Å². The highest BCUT2D eigenvalue weighted by atomic mass is 16.1. The van der Waals surface area contributed by atoms with E-state index in [-0.39, 0.29) is 5.91 Å². The third-order valence-corrected chi connectivity index (χ3v) is 3.30. The highest BCUT2D eigenvalue weighted by Gasteiger charge is 2.18. The second-order valence-electron chi connectivity index (χ2n) is 4.67. The van der Waals surface area contributed by atoms with Gasteiger partial charge in [-0.25, -0.2) is 0 Å². The van der Waals surface area contributed by atoms with Crippen LogP contribution in [0.3, 0.4) is 0 Å². The van der Waals surface area contributed by atoms with Crippen molar-refractivity contribution in [2.75, 3.05) is 11.1 Å². The minimum atomic E-state index is 0.0615. The van der Waals surface area contributed by atoms with Crippen molar-refractivity contribution < 1.29 is 4.79 Å². The van der Waals surface area contributed by atoms with Crippen molar-refractivity contribution in [3.63, 3.8) is 0 Å². The Bertz CT molecular complexity index is 647. The van der Waals surface area contributed by atoms with Crippen molar-refractivity contribution in [1.82, 2.24) is 0 Å². The lowest BCUT2D eigenvalue weighted by atomic mass is 9.97. The largest absolute Gasteiger partial charge is 0.399 e. The van der Waals surface area contributed by atoms with E-state index in [2.05, 4.69) is 18.3 Å². The van der Waals surface area contributed by atoms with Crippen LogP contribution in [-0.2, 0) is 11.2 Å². The van der Waals surface area contributed by atoms with E-state index in [1.165, 1.54) is 5.56 Å². The van der Waals surface area contributed by atoms with Gasteiger partial charge in [-0.05, 0) is 53.4 Å². The average molecular weight is 238 g/mol. The van der Waals surface area contributed by atoms with Gasteiger partial charge in [0.05, 0.1) is 6.42 Å². The molecule has 3 heteroatoms. The predicted molar refractivity (Wildman–Crippen MR) is 73.4 cm³/mol. The number of anilines is 2. The molecule has 0 fully saturated rings. The van der Waals surface area contributed by atoms with Gasteiger partial charge in [-0.1, -0.05) is 12.1 Å². The Labute approximate surface area is 106 Å². The van der Waals surface area contributed by atoms with Crippen LogP contribution >= 0.6 is 0 Å². The number of nitrogen functional groups attached to an aromatic ring is 1. The number of rotatable bonds is 1. The summed E-state index contributed by atoms with van der Waals surface area (Å²) in [7, 11) is 0. The summed E-state index contributed by atoms with van der Waals surface area (Å²) in [5.74, 6) is 0.0615. The van der Waals surface area contributed by atoms with Gasteiger partial charge >= 0.3 is 0 Å². The van der Waals surface area contributed by atoms with Gasteiger partial charge in [0.1, 0.15) is 0 Å². The number of hydrogen-bond acceptors (Lipinski definition) is 2. The first-order valence-electron chi connectivity index (χ1n) is 5.93. The predicted octanol–water partition coefficient (Wildman–Crippen LogP) is 2.74. The first-order chi connectivity index (χ1) is 8.63. The Hall–Kier alpha value is -2.29. The van der Waals surface area contributed by atoms with E-state index in [1.54, 1.807) is 0 Å². The quantitative estimate of drug-likeness (QED) is 0.750. The lowest BCUT2D eigenvalue weighted by Gasteiger charge is -2.09. The first-order valence-corrected chi connectivity index (χ1v) is 5.93. The molecule has 0 spiro atoms. The monoisotopic (exact) mass is 238 g/mol. The Morgan fingerprint density at radius 3 is 2.83 bits per heavy atom. The Morgan fingerprint density at radius 2 is 2.00 bits per heavy atom. The zero-order valence-corrected chi connectivity index (χ0v) is 10.2. The first kappa shape index (κ1) is 10.8. The molecule has 0 saturated heterocycles. The average Bonchev–Trinajstić information content (AvgIpc) is 2.71. The van der Waals surface area contributed by atoms with Gasteiger partial charge in [-0.2, -0.15) is 0 Å². The number of fused-ring (bicyclic) bond motifs is 1. The second-order valence-corrected chi connectivity index (χ2v) is 4.67. The van der Waals surface area contributed by atoms with Crippen LogP contribution < -0.4 is 11.1 Å². The maximum Gasteiger partial charge on any atom is 0.228 e. The van der Waals surface area contributed by atoms with Gasteiger partial charge < -0.3 is 11.1 Å². The van der Waals surface area contributed by atoms with Gasteiger partial charge in [-0.15, -0.1) is 0 Å². The number of carbonyl (C=O) groups is 1. The summed E-state index contributed by atoms with van der Waals surface area (Å²) < 4.78 is 0. The van der Waals surface area contributed by atoms with Crippen molar-refractivity contribution in [2.24, 2.45) is 0 Å². The summed E-state index contributed by atoms with van der Waals surface area (Å²) in [5.41, 5.74) is 12.0. The van der Waals surface area contributed by atoms with E-state index in [0.29, 0.717) is 6.42 Å². The zero-order chi connectivity index (χ0) is 12.7. The van der Waals surface area contributed by atoms with E-state index in [0.717, 1.165) is 28.1 Å². The van der Waals surface area contributed by atoms with E-state index >= 15 is 0 Å². The highest BCUT2D eigenvalue weighted by Crippen LogP contribution is 2.31. The summed E-state index contributed by atoms with van der Waals surface area (Å²) >= 11 is 0. The molecule has 2 aromatic carbocycles. The topological polar surface area (TPSA) is 55.1 Å². The third-order valence-electron chi connectivity index (χ3n) is 3.30. The number of carbonyl (C=O) groups excluding carboxylic acids is 1. The molecule has 3 N–H and O–H groups in total. The molecule has 1 aliphatic rings. The van der Waals surface area contributed by atoms with Crippen molar-refractivity contribution in [3.05, 3.63) is 47.5 Å². The van der Waals surface area contributed by atoms with E-state index in [1.807, 2.05) is 30.3 Å². The van der Waals surface area contributed by atoms with Gasteiger partial charge in [0, 0.05) is 11.4 Å². The Morgan fingerprint density at radius 1 is 1.17 bits per heavy atom. The minimum Gasteiger partial charge on any atom is -0.399 e. The summed E-state index contributed by atoms with van der Waals surface area (Å²) in [6.07, 6.45) is 0.463. The number of nitrogens with two attached hydrogens (primary N) is 1. The summed E-state index contributed by atoms with van der Waals surface area (Å²) in [5, 5.41) is 2.84. The van der Waals surface area contributed by atoms with E-state index < -0.39 is 0 Å². The molecule has 0 saturated carbocycles. The SMILES string of the molecule is Cc1ccc(N)cc1-c1ccc2c(c1)CC(=O)N2. The van der Waals surface area contributed by atoms with Crippen molar-refractivity contribution >= 4 is 17.3 Å². The molecule has 0 aliphatic carbocycles. The molecule has 18 heavy (non-hydrogen) atoms. The number of amides is 1. The summed E-state index contributed by atoms with van der Waals surface area (Å²) in [6, 6.07) is 11.9. The second kappa shape index (κ2) is 3.88. The van der Waals surface area contributed by atoms with Gasteiger partial charge in [0.2, 0.25) is 5.91 Å². The van der Waals surface area contributed by atoms with Crippen LogP contribution in [0.1, 0.15) is 11.1 Å². The zero-order valence-electron chi connectivity index (χ0n) is 10.2. The number of hydrogen-bond donors (Lipinski definition) is 2. The van der Waals surface area contributed by atoms with E-state index in [9.17, 15) is 4.79 Å². The summed E-state index contributed by atoms with van der Waals surface area (Å²) in [4.78, 5) is 11.3.